The zero-order valence-electron chi connectivity index (χ0n) is 11.8. The lowest BCUT2D eigenvalue weighted by molar-refractivity contribution is -0.0109. The highest BCUT2D eigenvalue weighted by Gasteiger charge is 2.32. The monoisotopic (exact) mass is 261 g/mol. The van der Waals surface area contributed by atoms with Crippen molar-refractivity contribution in [3.63, 3.8) is 0 Å². The van der Waals surface area contributed by atoms with E-state index >= 15 is 0 Å². The van der Waals surface area contributed by atoms with Gasteiger partial charge >= 0.3 is 0 Å². The van der Waals surface area contributed by atoms with Crippen LogP contribution in [-0.4, -0.2) is 23.2 Å². The van der Waals surface area contributed by atoms with E-state index in [1.54, 1.807) is 0 Å². The zero-order valence-corrected chi connectivity index (χ0v) is 11.8. The van der Waals surface area contributed by atoms with E-state index in [1.165, 1.54) is 6.42 Å². The largest absolute Gasteiger partial charge is 0.388 e. The highest BCUT2D eigenvalue weighted by molar-refractivity contribution is 5.94. The van der Waals surface area contributed by atoms with Crippen molar-refractivity contribution < 1.29 is 9.90 Å². The van der Waals surface area contributed by atoms with Gasteiger partial charge in [0.25, 0.3) is 5.91 Å². The third kappa shape index (κ3) is 3.80. The molecule has 1 aliphatic carbocycles. The Hall–Kier alpha value is -1.35. The van der Waals surface area contributed by atoms with Gasteiger partial charge < -0.3 is 10.4 Å². The molecule has 1 aromatic rings. The Morgan fingerprint density at radius 3 is 2.74 bits per heavy atom. The van der Waals surface area contributed by atoms with E-state index in [2.05, 4.69) is 12.2 Å². The summed E-state index contributed by atoms with van der Waals surface area (Å²) in [6, 6.07) is 7.48. The maximum Gasteiger partial charge on any atom is 0.251 e. The van der Waals surface area contributed by atoms with Crippen LogP contribution in [0.1, 0.15) is 48.5 Å². The van der Waals surface area contributed by atoms with E-state index in [1.807, 2.05) is 31.2 Å². The lowest BCUT2D eigenvalue weighted by Crippen LogP contribution is -2.45. The molecule has 0 heterocycles. The molecule has 2 unspecified atom stereocenters. The lowest BCUT2D eigenvalue weighted by atomic mass is 9.79. The molecule has 0 saturated heterocycles. The summed E-state index contributed by atoms with van der Waals surface area (Å²) in [4.78, 5) is 12.0. The van der Waals surface area contributed by atoms with E-state index in [4.69, 9.17) is 0 Å². The number of rotatable bonds is 3. The smallest absolute Gasteiger partial charge is 0.251 e. The van der Waals surface area contributed by atoms with Gasteiger partial charge in [-0.25, -0.2) is 0 Å². The van der Waals surface area contributed by atoms with Crippen LogP contribution in [0, 0.1) is 12.8 Å². The second kappa shape index (κ2) is 5.74. The van der Waals surface area contributed by atoms with Gasteiger partial charge in [0.1, 0.15) is 0 Å². The normalized spacial score (nSPS) is 27.0. The predicted octanol–water partition coefficient (Wildman–Crippen LogP) is 2.67. The molecule has 1 fully saturated rings. The summed E-state index contributed by atoms with van der Waals surface area (Å²) >= 11 is 0. The van der Waals surface area contributed by atoms with Crippen LogP contribution in [-0.2, 0) is 0 Å². The Bertz CT molecular complexity index is 441. The summed E-state index contributed by atoms with van der Waals surface area (Å²) in [6.07, 6.45) is 3.78. The molecule has 2 rings (SSSR count). The Kier molecular flexibility index (Phi) is 4.25. The van der Waals surface area contributed by atoms with Gasteiger partial charge in [0.15, 0.2) is 0 Å². The minimum Gasteiger partial charge on any atom is -0.388 e. The standard InChI is InChI=1S/C16H23NO2/c1-12-5-7-14(8-6-12)15(18)17-11-16(19)9-3-4-13(2)10-16/h5-8,13,19H,3-4,9-11H2,1-2H3,(H,17,18). The first-order valence-corrected chi connectivity index (χ1v) is 7.06. The summed E-state index contributed by atoms with van der Waals surface area (Å²) in [5, 5.41) is 13.3. The van der Waals surface area contributed by atoms with E-state index < -0.39 is 5.60 Å². The number of hydrogen-bond acceptors (Lipinski definition) is 2. The average molecular weight is 261 g/mol. The van der Waals surface area contributed by atoms with Crippen LogP contribution < -0.4 is 5.32 Å². The van der Waals surface area contributed by atoms with Crippen LogP contribution >= 0.6 is 0 Å². The van der Waals surface area contributed by atoms with Gasteiger partial charge in [-0.05, 0) is 37.8 Å². The lowest BCUT2D eigenvalue weighted by Gasteiger charge is -2.35. The molecule has 0 aliphatic heterocycles. The molecule has 3 nitrogen and oxygen atoms in total. The van der Waals surface area contributed by atoms with Gasteiger partial charge in [-0.2, -0.15) is 0 Å². The van der Waals surface area contributed by atoms with Crippen molar-refractivity contribution in [2.45, 2.75) is 45.1 Å². The van der Waals surface area contributed by atoms with E-state index in [0.29, 0.717) is 18.0 Å². The molecule has 1 saturated carbocycles. The highest BCUT2D eigenvalue weighted by Crippen LogP contribution is 2.31. The topological polar surface area (TPSA) is 49.3 Å². The molecule has 2 atom stereocenters. The van der Waals surface area contributed by atoms with Gasteiger partial charge in [0, 0.05) is 12.1 Å². The number of nitrogens with one attached hydrogen (secondary N) is 1. The van der Waals surface area contributed by atoms with Gasteiger partial charge in [-0.3, -0.25) is 4.79 Å². The van der Waals surface area contributed by atoms with E-state index in [-0.39, 0.29) is 5.91 Å². The van der Waals surface area contributed by atoms with E-state index in [0.717, 1.165) is 24.8 Å². The number of amides is 1. The van der Waals surface area contributed by atoms with E-state index in [9.17, 15) is 9.90 Å². The first kappa shape index (κ1) is 14.1. The first-order valence-electron chi connectivity index (χ1n) is 7.06. The van der Waals surface area contributed by atoms with Crippen LogP contribution in [0.5, 0.6) is 0 Å². The van der Waals surface area contributed by atoms with Crippen LogP contribution in [0.4, 0.5) is 0 Å². The van der Waals surface area contributed by atoms with Crippen LogP contribution in [0.2, 0.25) is 0 Å². The summed E-state index contributed by atoms with van der Waals surface area (Å²) < 4.78 is 0. The summed E-state index contributed by atoms with van der Waals surface area (Å²) in [7, 11) is 0. The molecule has 104 valence electrons. The maximum atomic E-state index is 12.0. The number of hydrogen-bond donors (Lipinski definition) is 2. The second-order valence-electron chi connectivity index (χ2n) is 5.97. The average Bonchev–Trinajstić information content (AvgIpc) is 2.37. The molecule has 0 aromatic heterocycles. The third-order valence-corrected chi connectivity index (χ3v) is 3.96. The van der Waals surface area contributed by atoms with Crippen LogP contribution in [0.15, 0.2) is 24.3 Å². The number of carbonyl (C=O) groups is 1. The predicted molar refractivity (Wildman–Crippen MR) is 76.1 cm³/mol. The Morgan fingerprint density at radius 1 is 1.42 bits per heavy atom. The van der Waals surface area contributed by atoms with Crippen molar-refractivity contribution in [2.75, 3.05) is 6.54 Å². The second-order valence-corrected chi connectivity index (χ2v) is 5.97. The summed E-state index contributed by atoms with van der Waals surface area (Å²) in [6.45, 7) is 4.50. The molecule has 19 heavy (non-hydrogen) atoms. The molecular formula is C16H23NO2. The van der Waals surface area contributed by atoms with Crippen molar-refractivity contribution in [1.82, 2.24) is 5.32 Å². The van der Waals surface area contributed by atoms with Gasteiger partial charge in [-0.15, -0.1) is 0 Å². The summed E-state index contributed by atoms with van der Waals surface area (Å²) in [5.74, 6) is 0.432. The maximum absolute atomic E-state index is 12.0. The third-order valence-electron chi connectivity index (χ3n) is 3.96. The van der Waals surface area contributed by atoms with Gasteiger partial charge in [-0.1, -0.05) is 37.5 Å². The fourth-order valence-electron chi connectivity index (χ4n) is 2.84. The minimum atomic E-state index is -0.724. The molecule has 1 aliphatic rings. The molecule has 1 aromatic carbocycles. The summed E-state index contributed by atoms with van der Waals surface area (Å²) in [5.41, 5.74) is 1.06. The van der Waals surface area contributed by atoms with Crippen molar-refractivity contribution in [3.8, 4) is 0 Å². The molecule has 0 bridgehead atoms. The van der Waals surface area contributed by atoms with Crippen molar-refractivity contribution in [1.29, 1.82) is 0 Å². The number of carbonyl (C=O) groups excluding carboxylic acids is 1. The van der Waals surface area contributed by atoms with Crippen molar-refractivity contribution in [3.05, 3.63) is 35.4 Å². The quantitative estimate of drug-likeness (QED) is 0.879. The SMILES string of the molecule is Cc1ccc(C(=O)NCC2(O)CCCC(C)C2)cc1. The Labute approximate surface area is 115 Å². The fourth-order valence-corrected chi connectivity index (χ4v) is 2.84. The molecular weight excluding hydrogens is 238 g/mol. The number of benzene rings is 1. The highest BCUT2D eigenvalue weighted by atomic mass is 16.3. The first-order chi connectivity index (χ1) is 8.98. The fraction of sp³-hybridized carbons (Fsp3) is 0.562. The molecule has 2 N–H and O–H groups in total. The number of aliphatic hydroxyl groups is 1. The van der Waals surface area contributed by atoms with Crippen LogP contribution in [0.3, 0.4) is 0 Å². The molecule has 0 radical (unpaired) electrons. The Balaban J connectivity index is 1.91. The number of aryl methyl sites for hydroxylation is 1. The van der Waals surface area contributed by atoms with Crippen molar-refractivity contribution in [2.24, 2.45) is 5.92 Å². The van der Waals surface area contributed by atoms with Crippen molar-refractivity contribution >= 4 is 5.91 Å². The Morgan fingerprint density at radius 2 is 2.11 bits per heavy atom. The molecule has 3 heteroatoms. The molecule has 0 spiro atoms. The molecule has 1 amide bonds. The van der Waals surface area contributed by atoms with Gasteiger partial charge in [0.2, 0.25) is 0 Å². The van der Waals surface area contributed by atoms with Gasteiger partial charge in [0.05, 0.1) is 5.60 Å². The zero-order chi connectivity index (χ0) is 13.9. The van der Waals surface area contributed by atoms with Crippen LogP contribution in [0.25, 0.3) is 0 Å². The minimum absolute atomic E-state index is 0.105.